The van der Waals surface area contributed by atoms with Crippen molar-refractivity contribution < 1.29 is 9.53 Å². The van der Waals surface area contributed by atoms with Gasteiger partial charge in [-0.2, -0.15) is 5.26 Å². The summed E-state index contributed by atoms with van der Waals surface area (Å²) >= 11 is 0. The first-order valence-corrected chi connectivity index (χ1v) is 5.26. The van der Waals surface area contributed by atoms with Crippen molar-refractivity contribution in [2.75, 3.05) is 19.1 Å². The van der Waals surface area contributed by atoms with Crippen LogP contribution in [-0.4, -0.2) is 20.1 Å². The zero-order chi connectivity index (χ0) is 13.1. The summed E-state index contributed by atoms with van der Waals surface area (Å²) in [5.41, 5.74) is -0.284. The van der Waals surface area contributed by atoms with Gasteiger partial charge in [-0.1, -0.05) is 0 Å². The van der Waals surface area contributed by atoms with E-state index in [4.69, 9.17) is 10.00 Å². The molecule has 0 aliphatic rings. The van der Waals surface area contributed by atoms with Gasteiger partial charge in [0.15, 0.2) is 0 Å². The molecule has 4 nitrogen and oxygen atoms in total. The van der Waals surface area contributed by atoms with Crippen LogP contribution in [0.1, 0.15) is 13.8 Å². The summed E-state index contributed by atoms with van der Waals surface area (Å²) in [5, 5.41) is 8.92. The number of carbonyl (C=O) groups is 1. The summed E-state index contributed by atoms with van der Waals surface area (Å²) in [6, 6.07) is 9.11. The molecule has 1 aromatic rings. The molecule has 0 unspecified atom stereocenters. The molecule has 0 heterocycles. The van der Waals surface area contributed by atoms with E-state index in [2.05, 4.69) is 0 Å². The van der Waals surface area contributed by atoms with Crippen molar-refractivity contribution in [3.8, 4) is 11.8 Å². The Labute approximate surface area is 101 Å². The molecule has 1 amide bonds. The number of nitriles is 1. The Morgan fingerprint density at radius 1 is 1.35 bits per heavy atom. The van der Waals surface area contributed by atoms with Gasteiger partial charge in [0.2, 0.25) is 5.91 Å². The maximum absolute atomic E-state index is 12.0. The number of amides is 1. The lowest BCUT2D eigenvalue weighted by atomic mass is 9.94. The van der Waals surface area contributed by atoms with Crippen LogP contribution in [0.25, 0.3) is 0 Å². The van der Waals surface area contributed by atoms with E-state index in [-0.39, 0.29) is 5.91 Å². The van der Waals surface area contributed by atoms with Gasteiger partial charge < -0.3 is 9.64 Å². The quantitative estimate of drug-likeness (QED) is 0.802. The average molecular weight is 232 g/mol. The van der Waals surface area contributed by atoms with E-state index >= 15 is 0 Å². The molecule has 1 aromatic carbocycles. The van der Waals surface area contributed by atoms with Gasteiger partial charge in [0.25, 0.3) is 0 Å². The topological polar surface area (TPSA) is 53.3 Å². The Balaban J connectivity index is 2.93. The maximum Gasteiger partial charge on any atom is 0.246 e. The van der Waals surface area contributed by atoms with Crippen LogP contribution < -0.4 is 9.64 Å². The Hall–Kier alpha value is -2.02. The van der Waals surface area contributed by atoms with E-state index in [1.807, 2.05) is 6.07 Å². The summed E-state index contributed by atoms with van der Waals surface area (Å²) in [6.07, 6.45) is 0. The van der Waals surface area contributed by atoms with E-state index in [1.54, 1.807) is 52.3 Å². The minimum absolute atomic E-state index is 0.231. The fraction of sp³-hybridized carbons (Fsp3) is 0.385. The van der Waals surface area contributed by atoms with E-state index in [0.29, 0.717) is 0 Å². The van der Waals surface area contributed by atoms with Gasteiger partial charge in [-0.3, -0.25) is 4.79 Å². The van der Waals surface area contributed by atoms with Crippen LogP contribution in [0.3, 0.4) is 0 Å². The van der Waals surface area contributed by atoms with Gasteiger partial charge in [-0.15, -0.1) is 0 Å². The Morgan fingerprint density at radius 2 is 1.88 bits per heavy atom. The molecule has 0 aliphatic carbocycles. The lowest BCUT2D eigenvalue weighted by Gasteiger charge is -2.24. The summed E-state index contributed by atoms with van der Waals surface area (Å²) in [7, 11) is 3.24. The number of methoxy groups -OCH3 is 1. The van der Waals surface area contributed by atoms with Crippen LogP contribution in [-0.2, 0) is 4.79 Å². The fourth-order valence-corrected chi connectivity index (χ4v) is 1.39. The minimum atomic E-state index is -1.02. The molecule has 0 saturated heterocycles. The number of benzene rings is 1. The minimum Gasteiger partial charge on any atom is -0.497 e. The molecule has 0 atom stereocenters. The van der Waals surface area contributed by atoms with Crippen molar-refractivity contribution in [3.63, 3.8) is 0 Å². The molecule has 0 saturated carbocycles. The monoisotopic (exact) mass is 232 g/mol. The molecule has 90 valence electrons. The standard InChI is InChI=1S/C13H16N2O2/c1-13(2,9-14)12(16)15(3)10-5-7-11(17-4)8-6-10/h5-8H,1-4H3. The molecule has 4 heteroatoms. The molecule has 0 fully saturated rings. The number of hydrogen-bond acceptors (Lipinski definition) is 3. The predicted molar refractivity (Wildman–Crippen MR) is 65.8 cm³/mol. The SMILES string of the molecule is COc1ccc(N(C)C(=O)C(C)(C)C#N)cc1. The average Bonchev–Trinajstić information content (AvgIpc) is 2.37. The van der Waals surface area contributed by atoms with Crippen LogP contribution in [0.15, 0.2) is 24.3 Å². The lowest BCUT2D eigenvalue weighted by Crippen LogP contribution is -2.37. The molecule has 0 spiro atoms. The molecule has 0 bridgehead atoms. The first-order chi connectivity index (χ1) is 7.92. The van der Waals surface area contributed by atoms with E-state index in [0.717, 1.165) is 11.4 Å². The van der Waals surface area contributed by atoms with Gasteiger partial charge >= 0.3 is 0 Å². The van der Waals surface area contributed by atoms with Crippen LogP contribution in [0.4, 0.5) is 5.69 Å². The predicted octanol–water partition coefficient (Wildman–Crippen LogP) is 2.21. The molecule has 17 heavy (non-hydrogen) atoms. The third-order valence-electron chi connectivity index (χ3n) is 2.58. The first kappa shape index (κ1) is 13.0. The van der Waals surface area contributed by atoms with Crippen molar-refractivity contribution in [3.05, 3.63) is 24.3 Å². The molecule has 0 aliphatic heterocycles. The van der Waals surface area contributed by atoms with Crippen molar-refractivity contribution in [2.45, 2.75) is 13.8 Å². The third-order valence-corrected chi connectivity index (χ3v) is 2.58. The highest BCUT2D eigenvalue weighted by Gasteiger charge is 2.30. The number of carbonyl (C=O) groups excluding carboxylic acids is 1. The van der Waals surface area contributed by atoms with E-state index < -0.39 is 5.41 Å². The smallest absolute Gasteiger partial charge is 0.246 e. The molecule has 0 radical (unpaired) electrons. The number of anilines is 1. The highest BCUT2D eigenvalue weighted by atomic mass is 16.5. The molecular weight excluding hydrogens is 216 g/mol. The molecule has 0 aromatic heterocycles. The lowest BCUT2D eigenvalue weighted by molar-refractivity contribution is -0.123. The second-order valence-corrected chi connectivity index (χ2v) is 4.30. The second-order valence-electron chi connectivity index (χ2n) is 4.30. The zero-order valence-electron chi connectivity index (χ0n) is 10.5. The number of rotatable bonds is 3. The summed E-state index contributed by atoms with van der Waals surface area (Å²) in [5.74, 6) is 0.499. The van der Waals surface area contributed by atoms with Crippen molar-refractivity contribution in [1.29, 1.82) is 5.26 Å². The van der Waals surface area contributed by atoms with Crippen LogP contribution in [0.2, 0.25) is 0 Å². The van der Waals surface area contributed by atoms with Crippen molar-refractivity contribution >= 4 is 11.6 Å². The normalized spacial score (nSPS) is 10.5. The number of hydrogen-bond donors (Lipinski definition) is 0. The van der Waals surface area contributed by atoms with Gasteiger partial charge in [0, 0.05) is 12.7 Å². The van der Waals surface area contributed by atoms with Gasteiger partial charge in [0.1, 0.15) is 11.2 Å². The Morgan fingerprint density at radius 3 is 2.29 bits per heavy atom. The highest BCUT2D eigenvalue weighted by Crippen LogP contribution is 2.23. The van der Waals surface area contributed by atoms with Crippen LogP contribution >= 0.6 is 0 Å². The van der Waals surface area contributed by atoms with Gasteiger partial charge in [-0.05, 0) is 38.1 Å². The van der Waals surface area contributed by atoms with Crippen molar-refractivity contribution in [2.24, 2.45) is 5.41 Å². The summed E-state index contributed by atoms with van der Waals surface area (Å²) in [4.78, 5) is 13.5. The van der Waals surface area contributed by atoms with Crippen molar-refractivity contribution in [1.82, 2.24) is 0 Å². The molecule has 1 rings (SSSR count). The maximum atomic E-state index is 12.0. The third kappa shape index (κ3) is 2.76. The first-order valence-electron chi connectivity index (χ1n) is 5.26. The Bertz CT molecular complexity index is 443. The van der Waals surface area contributed by atoms with E-state index in [1.165, 1.54) is 4.90 Å². The van der Waals surface area contributed by atoms with Gasteiger partial charge in [0.05, 0.1) is 13.2 Å². The zero-order valence-corrected chi connectivity index (χ0v) is 10.5. The fourth-order valence-electron chi connectivity index (χ4n) is 1.39. The number of nitrogens with zero attached hydrogens (tertiary/aromatic N) is 2. The highest BCUT2D eigenvalue weighted by molar-refractivity contribution is 5.98. The number of ether oxygens (including phenoxy) is 1. The van der Waals surface area contributed by atoms with Crippen LogP contribution in [0.5, 0.6) is 5.75 Å². The summed E-state index contributed by atoms with van der Waals surface area (Å²) in [6.45, 7) is 3.21. The van der Waals surface area contributed by atoms with Crippen LogP contribution in [0, 0.1) is 16.7 Å². The summed E-state index contributed by atoms with van der Waals surface area (Å²) < 4.78 is 5.04. The molecule has 0 N–H and O–H groups in total. The van der Waals surface area contributed by atoms with E-state index in [9.17, 15) is 4.79 Å². The second kappa shape index (κ2) is 4.88. The van der Waals surface area contributed by atoms with Gasteiger partial charge in [-0.25, -0.2) is 0 Å². The largest absolute Gasteiger partial charge is 0.497 e. The molecular formula is C13H16N2O2. The Kier molecular flexibility index (Phi) is 3.74.